The van der Waals surface area contributed by atoms with Gasteiger partial charge >= 0.3 is 21.5 Å². The lowest BCUT2D eigenvalue weighted by Gasteiger charge is -2.29. The maximum atomic E-state index is 15.7. The molecule has 2 aromatic carbocycles. The predicted octanol–water partition coefficient (Wildman–Crippen LogP) is 5.41. The lowest BCUT2D eigenvalue weighted by molar-refractivity contribution is -0.147. The van der Waals surface area contributed by atoms with Gasteiger partial charge in [-0.2, -0.15) is 19.4 Å². The topological polar surface area (TPSA) is 219 Å². The largest absolute Gasteiger partial charge is 0.481 e. The predicted molar refractivity (Wildman–Crippen MR) is 185 cm³/mol. The van der Waals surface area contributed by atoms with Crippen LogP contribution in [-0.4, -0.2) is 73.6 Å². The minimum atomic E-state index is -5.36. The molecule has 0 aliphatic carbocycles. The molecule has 0 saturated carbocycles. The van der Waals surface area contributed by atoms with Crippen LogP contribution < -0.4 is 15.3 Å². The number of nitrogens with two attached hydrogens (primary N) is 1. The number of anilines is 1. The summed E-state index contributed by atoms with van der Waals surface area (Å²) in [6, 6.07) is 14.0. The van der Waals surface area contributed by atoms with Crippen LogP contribution in [0.2, 0.25) is 5.28 Å². The van der Waals surface area contributed by atoms with Crippen LogP contribution in [-0.2, 0) is 38.8 Å². The number of carbonyl (C=O) groups excluding carboxylic acids is 1. The molecule has 278 valence electrons. The Morgan fingerprint density at radius 2 is 1.73 bits per heavy atom. The number of phosphoric acid groups is 1. The molecule has 0 saturated heterocycles. The summed E-state index contributed by atoms with van der Waals surface area (Å²) in [7, 11) is -9.18. The quantitative estimate of drug-likeness (QED) is 0.0532. The highest BCUT2D eigenvalue weighted by atomic mass is 35.5. The van der Waals surface area contributed by atoms with Crippen molar-refractivity contribution in [2.75, 3.05) is 19.5 Å². The number of nitrogens with zero attached hydrogens (tertiary/aromatic N) is 4. The molecule has 4 aromatic rings. The Morgan fingerprint density at radius 1 is 1.08 bits per heavy atom. The summed E-state index contributed by atoms with van der Waals surface area (Å²) in [5.74, 6) is -1.03. The third-order valence-electron chi connectivity index (χ3n) is 7.44. The molecule has 0 amide bonds. The van der Waals surface area contributed by atoms with Crippen molar-refractivity contribution in [1.82, 2.24) is 24.6 Å². The Hall–Kier alpha value is -3.50. The fourth-order valence-corrected chi connectivity index (χ4v) is 8.01. The highest BCUT2D eigenvalue weighted by Gasteiger charge is 2.43. The second-order valence-corrected chi connectivity index (χ2v) is 15.4. The SMILES string of the molecule is COC(COP(=O)(O)OP(=O)(N[C@@H](CC(C)C)C(=O)OCc1ccccc1)Oc1ccccc1)C(O)C(F)C(C)n1cnc2c(N)nc(Cl)nc21. The summed E-state index contributed by atoms with van der Waals surface area (Å²) in [5.41, 5.74) is 6.80. The Kier molecular flexibility index (Phi) is 14.1. The maximum absolute atomic E-state index is 15.7. The molecule has 2 heterocycles. The third-order valence-corrected chi connectivity index (χ3v) is 10.9. The number of methoxy groups -OCH3 is 1. The van der Waals surface area contributed by atoms with E-state index in [1.54, 1.807) is 62.4 Å². The fourth-order valence-electron chi connectivity index (χ4n) is 4.87. The van der Waals surface area contributed by atoms with Gasteiger partial charge in [-0.25, -0.2) is 18.5 Å². The van der Waals surface area contributed by atoms with Crippen LogP contribution in [0.3, 0.4) is 0 Å². The van der Waals surface area contributed by atoms with Crippen LogP contribution >= 0.6 is 27.2 Å². The van der Waals surface area contributed by atoms with Gasteiger partial charge in [-0.1, -0.05) is 62.4 Å². The van der Waals surface area contributed by atoms with E-state index >= 15 is 4.39 Å². The Morgan fingerprint density at radius 3 is 2.35 bits per heavy atom. The summed E-state index contributed by atoms with van der Waals surface area (Å²) in [5, 5.41) is 13.1. The number of hydrogen-bond acceptors (Lipinski definition) is 13. The van der Waals surface area contributed by atoms with Gasteiger partial charge in [-0.15, -0.1) is 0 Å². The number of esters is 1. The second-order valence-electron chi connectivity index (χ2n) is 11.8. The first-order valence-electron chi connectivity index (χ1n) is 15.6. The number of carbonyl (C=O) groups is 1. The van der Waals surface area contributed by atoms with Crippen molar-refractivity contribution in [3.8, 4) is 5.75 Å². The molecule has 7 atom stereocenters. The van der Waals surface area contributed by atoms with Crippen molar-refractivity contribution in [3.63, 3.8) is 0 Å². The first-order chi connectivity index (χ1) is 24.1. The van der Waals surface area contributed by atoms with Gasteiger partial charge in [-0.05, 0) is 48.6 Å². The number of ether oxygens (including phenoxy) is 2. The molecule has 20 heteroatoms. The van der Waals surface area contributed by atoms with Crippen molar-refractivity contribution >= 4 is 50.1 Å². The molecule has 16 nitrogen and oxygen atoms in total. The first kappa shape index (κ1) is 40.3. The van der Waals surface area contributed by atoms with Crippen LogP contribution in [0, 0.1) is 5.92 Å². The van der Waals surface area contributed by atoms with E-state index in [2.05, 4.69) is 20.0 Å². The van der Waals surface area contributed by atoms with Gasteiger partial charge < -0.3 is 34.3 Å². The van der Waals surface area contributed by atoms with Crippen LogP contribution in [0.4, 0.5) is 10.2 Å². The molecule has 0 fully saturated rings. The molecule has 51 heavy (non-hydrogen) atoms. The normalized spacial score (nSPS) is 17.2. The number of alkyl halides is 1. The van der Waals surface area contributed by atoms with E-state index in [1.807, 2.05) is 0 Å². The summed E-state index contributed by atoms with van der Waals surface area (Å²) in [4.78, 5) is 35.9. The average Bonchev–Trinajstić information content (AvgIpc) is 3.50. The number of benzene rings is 2. The maximum Gasteiger partial charge on any atom is 0.481 e. The van der Waals surface area contributed by atoms with E-state index in [0.717, 1.165) is 7.11 Å². The zero-order valence-electron chi connectivity index (χ0n) is 28.1. The zero-order chi connectivity index (χ0) is 37.3. The van der Waals surface area contributed by atoms with E-state index in [9.17, 15) is 23.9 Å². The number of fused-ring (bicyclic) bond motifs is 1. The summed E-state index contributed by atoms with van der Waals surface area (Å²) in [6.07, 6.45) is -4.27. The van der Waals surface area contributed by atoms with E-state index in [1.165, 1.54) is 30.0 Å². The fraction of sp³-hybridized carbons (Fsp3) is 0.419. The third kappa shape index (κ3) is 11.2. The highest BCUT2D eigenvalue weighted by molar-refractivity contribution is 7.63. The molecule has 0 aliphatic heterocycles. The van der Waals surface area contributed by atoms with Crippen LogP contribution in [0.5, 0.6) is 5.75 Å². The number of aliphatic hydroxyl groups excluding tert-OH is 1. The zero-order valence-corrected chi connectivity index (χ0v) is 30.7. The van der Waals surface area contributed by atoms with Gasteiger partial charge in [0.15, 0.2) is 11.5 Å². The van der Waals surface area contributed by atoms with Crippen LogP contribution in [0.25, 0.3) is 11.2 Å². The molecule has 0 aliphatic rings. The highest BCUT2D eigenvalue weighted by Crippen LogP contribution is 2.60. The molecular formula is C31H40ClFN6O10P2. The van der Waals surface area contributed by atoms with Crippen molar-refractivity contribution in [1.29, 1.82) is 0 Å². The first-order valence-corrected chi connectivity index (χ1v) is 19.0. The van der Waals surface area contributed by atoms with E-state index in [-0.39, 0.29) is 47.0 Å². The lowest BCUT2D eigenvalue weighted by atomic mass is 10.0. The molecule has 0 spiro atoms. The minimum Gasteiger partial charge on any atom is -0.460 e. The summed E-state index contributed by atoms with van der Waals surface area (Å²) >= 11 is 5.91. The van der Waals surface area contributed by atoms with Crippen LogP contribution in [0.15, 0.2) is 67.0 Å². The molecule has 2 aromatic heterocycles. The Labute approximate surface area is 298 Å². The van der Waals surface area contributed by atoms with E-state index < -0.39 is 58.6 Å². The molecule has 4 rings (SSSR count). The van der Waals surface area contributed by atoms with Gasteiger partial charge in [0.25, 0.3) is 0 Å². The number of rotatable bonds is 19. The Bertz CT molecular complexity index is 1840. The summed E-state index contributed by atoms with van der Waals surface area (Å²) in [6.45, 7) is 4.00. The number of hydrogen-bond donors (Lipinski definition) is 4. The monoisotopic (exact) mass is 772 g/mol. The van der Waals surface area contributed by atoms with Gasteiger partial charge in [0, 0.05) is 7.11 Å². The van der Waals surface area contributed by atoms with Crippen molar-refractivity contribution < 1.29 is 51.1 Å². The summed E-state index contributed by atoms with van der Waals surface area (Å²) < 4.78 is 70.7. The van der Waals surface area contributed by atoms with Gasteiger partial charge in [-0.3, -0.25) is 9.32 Å². The molecule has 6 unspecified atom stereocenters. The van der Waals surface area contributed by atoms with Crippen molar-refractivity contribution in [2.24, 2.45) is 5.92 Å². The Balaban J connectivity index is 1.49. The molecule has 0 bridgehead atoms. The van der Waals surface area contributed by atoms with Gasteiger partial charge in [0.05, 0.1) is 19.0 Å². The van der Waals surface area contributed by atoms with Gasteiger partial charge in [0.2, 0.25) is 5.28 Å². The number of nitrogen functional groups attached to an aromatic ring is 1. The number of para-hydroxylation sites is 1. The lowest BCUT2D eigenvalue weighted by Crippen LogP contribution is -2.42. The molecule has 0 radical (unpaired) electrons. The smallest absolute Gasteiger partial charge is 0.460 e. The van der Waals surface area contributed by atoms with E-state index in [0.29, 0.717) is 5.56 Å². The van der Waals surface area contributed by atoms with E-state index in [4.69, 9.17) is 40.2 Å². The number of aliphatic hydroxyl groups is 1. The standard InChI is InChI=1S/C31H40ClFN6O10P2/c1-19(2)15-23(30(41)46-16-21-11-7-5-8-12-21)38-50(42,48-22-13-9-6-10-14-22)49-51(43,44)47-17-24(45-4)27(40)25(33)20(3)39-18-35-26-28(34)36-31(32)37-29(26)39/h5-14,18-20,23-25,27,40H,15-17H2,1-4H3,(H,38,42)(H,43,44)(H2,34,36,37)/t20?,23-,24?,25?,27?,50?/m0/s1. The van der Waals surface area contributed by atoms with Crippen molar-refractivity contribution in [2.45, 2.75) is 64.3 Å². The molecule has 5 N–H and O–H groups in total. The number of halogens is 2. The minimum absolute atomic E-state index is 0.0311. The second kappa shape index (κ2) is 17.8. The number of phosphoric ester groups is 1. The number of aromatic nitrogens is 4. The number of imidazole rings is 1. The van der Waals surface area contributed by atoms with Gasteiger partial charge in [0.1, 0.15) is 42.3 Å². The molecular weight excluding hydrogens is 733 g/mol. The van der Waals surface area contributed by atoms with Crippen molar-refractivity contribution in [3.05, 3.63) is 77.8 Å². The number of nitrogens with one attached hydrogen (secondary N) is 1. The van der Waals surface area contributed by atoms with Crippen LogP contribution in [0.1, 0.15) is 38.8 Å². The average molecular weight is 773 g/mol.